The summed E-state index contributed by atoms with van der Waals surface area (Å²) in [5.74, 6) is 0.553. The number of halogens is 1. The second kappa shape index (κ2) is 9.21. The minimum atomic E-state index is -0.401. The summed E-state index contributed by atoms with van der Waals surface area (Å²) in [5, 5.41) is 9.93. The van der Waals surface area contributed by atoms with E-state index in [4.69, 9.17) is 10.3 Å². The molecule has 0 saturated heterocycles. The predicted molar refractivity (Wildman–Crippen MR) is 118 cm³/mol. The van der Waals surface area contributed by atoms with E-state index in [0.29, 0.717) is 17.4 Å². The van der Waals surface area contributed by atoms with Crippen molar-refractivity contribution in [1.29, 1.82) is 0 Å². The van der Waals surface area contributed by atoms with Crippen molar-refractivity contribution in [2.24, 2.45) is 15.7 Å². The van der Waals surface area contributed by atoms with Gasteiger partial charge in [-0.3, -0.25) is 9.98 Å². The van der Waals surface area contributed by atoms with Gasteiger partial charge in [0.15, 0.2) is 5.96 Å². The van der Waals surface area contributed by atoms with Crippen LogP contribution in [0.25, 0.3) is 11.1 Å². The molecule has 3 rings (SSSR count). The molecule has 1 aromatic heterocycles. The lowest BCUT2D eigenvalue weighted by molar-refractivity contribution is 0.411. The number of nitrogens with zero attached hydrogens (tertiary/aromatic N) is 3. The predicted octanol–water partition coefficient (Wildman–Crippen LogP) is 3.74. The van der Waals surface area contributed by atoms with Crippen molar-refractivity contribution < 1.29 is 8.91 Å². The summed E-state index contributed by atoms with van der Waals surface area (Å²) in [5.41, 5.74) is 8.32. The average Bonchev–Trinajstić information content (AvgIpc) is 3.23. The number of rotatable bonds is 7. The molecule has 0 aliphatic carbocycles. The highest BCUT2D eigenvalue weighted by Gasteiger charge is 2.27. The molecule has 3 aromatic rings. The fraction of sp³-hybridized carbons (Fsp3) is 0.227. The molecule has 7 nitrogen and oxygen atoms in total. The molecule has 0 unspecified atom stereocenters. The second-order valence-electron chi connectivity index (χ2n) is 7.16. The summed E-state index contributed by atoms with van der Waals surface area (Å²) >= 11 is 0. The molecule has 0 atom stereocenters. The maximum atomic E-state index is 14.0. The van der Waals surface area contributed by atoms with E-state index in [9.17, 15) is 4.39 Å². The van der Waals surface area contributed by atoms with E-state index in [0.717, 1.165) is 16.8 Å². The minimum Gasteiger partial charge on any atom is -0.370 e. The van der Waals surface area contributed by atoms with Crippen LogP contribution in [0.4, 0.5) is 10.3 Å². The van der Waals surface area contributed by atoms with Crippen molar-refractivity contribution in [3.63, 3.8) is 0 Å². The molecule has 0 fully saturated rings. The molecule has 30 heavy (non-hydrogen) atoms. The molecule has 2 aromatic carbocycles. The molecular weight excluding hydrogens is 383 g/mol. The van der Waals surface area contributed by atoms with Crippen LogP contribution in [-0.2, 0) is 5.41 Å². The zero-order valence-corrected chi connectivity index (χ0v) is 17.2. The normalized spacial score (nSPS) is 12.3. The van der Waals surface area contributed by atoms with Gasteiger partial charge in [-0.15, -0.1) is 0 Å². The van der Waals surface area contributed by atoms with Crippen LogP contribution in [0.1, 0.15) is 25.1 Å². The fourth-order valence-corrected chi connectivity index (χ4v) is 2.91. The van der Waals surface area contributed by atoms with Crippen LogP contribution in [0, 0.1) is 5.82 Å². The first-order valence-corrected chi connectivity index (χ1v) is 9.45. The number of hydrogen-bond acceptors (Lipinski definition) is 4. The van der Waals surface area contributed by atoms with Crippen LogP contribution in [0.15, 0.2) is 69.1 Å². The Kier molecular flexibility index (Phi) is 6.46. The van der Waals surface area contributed by atoms with E-state index < -0.39 is 5.41 Å². The Morgan fingerprint density at radius 3 is 2.63 bits per heavy atom. The van der Waals surface area contributed by atoms with Gasteiger partial charge >= 0.3 is 0 Å². The maximum absolute atomic E-state index is 14.0. The Labute approximate surface area is 174 Å². The first-order valence-electron chi connectivity index (χ1n) is 9.45. The summed E-state index contributed by atoms with van der Waals surface area (Å²) in [6.45, 7) is 4.40. The van der Waals surface area contributed by atoms with E-state index in [-0.39, 0.29) is 12.5 Å². The van der Waals surface area contributed by atoms with Gasteiger partial charge in [0, 0.05) is 24.1 Å². The van der Waals surface area contributed by atoms with E-state index in [2.05, 4.69) is 39.6 Å². The Balaban J connectivity index is 1.68. The van der Waals surface area contributed by atoms with Crippen molar-refractivity contribution in [3.8, 4) is 11.1 Å². The van der Waals surface area contributed by atoms with Crippen LogP contribution in [0.3, 0.4) is 0 Å². The Morgan fingerprint density at radius 2 is 1.93 bits per heavy atom. The summed E-state index contributed by atoms with van der Waals surface area (Å²) in [6, 6.07) is 16.4. The average molecular weight is 408 g/mol. The number of aliphatic imine (C=N–C) groups is 2. The zero-order valence-electron chi connectivity index (χ0n) is 17.2. The lowest BCUT2D eigenvalue weighted by atomic mass is 9.81. The third kappa shape index (κ3) is 4.83. The molecule has 0 spiro atoms. The summed E-state index contributed by atoms with van der Waals surface area (Å²) < 4.78 is 19.4. The van der Waals surface area contributed by atoms with Crippen molar-refractivity contribution in [2.75, 3.05) is 19.0 Å². The number of guanidine groups is 1. The van der Waals surface area contributed by atoms with Crippen LogP contribution >= 0.6 is 0 Å². The quantitative estimate of drug-likeness (QED) is 0.408. The van der Waals surface area contributed by atoms with Gasteiger partial charge in [-0.2, -0.15) is 0 Å². The Hall–Kier alpha value is -3.68. The van der Waals surface area contributed by atoms with Crippen molar-refractivity contribution >= 4 is 18.2 Å². The van der Waals surface area contributed by atoms with Gasteiger partial charge in [-0.25, -0.2) is 4.39 Å². The smallest absolute Gasteiger partial charge is 0.230 e. The van der Waals surface area contributed by atoms with Gasteiger partial charge in [0.05, 0.1) is 12.0 Å². The molecule has 0 amide bonds. The highest BCUT2D eigenvalue weighted by atomic mass is 19.1. The lowest BCUT2D eigenvalue weighted by Crippen LogP contribution is -2.31. The topological polar surface area (TPSA) is 101 Å². The van der Waals surface area contributed by atoms with Crippen LogP contribution in [0.5, 0.6) is 0 Å². The third-order valence-corrected chi connectivity index (χ3v) is 4.83. The minimum absolute atomic E-state index is 0.238. The molecule has 8 heteroatoms. The number of benzene rings is 2. The van der Waals surface area contributed by atoms with Gasteiger partial charge in [0.2, 0.25) is 5.88 Å². The van der Waals surface area contributed by atoms with E-state index >= 15 is 0 Å². The number of aromatic nitrogens is 1. The highest BCUT2D eigenvalue weighted by Crippen LogP contribution is 2.33. The first-order chi connectivity index (χ1) is 14.4. The summed E-state index contributed by atoms with van der Waals surface area (Å²) in [4.78, 5) is 7.88. The SMILES string of the molecule is CN=C(N)NCN=CNc1cc(C(C)(C)c2ccc(-c3ccccc3F)cc2)no1. The molecule has 0 aliphatic heterocycles. The van der Waals surface area contributed by atoms with Gasteiger partial charge in [0.1, 0.15) is 12.5 Å². The van der Waals surface area contributed by atoms with Gasteiger partial charge in [-0.05, 0) is 17.2 Å². The van der Waals surface area contributed by atoms with Crippen molar-refractivity contribution in [2.45, 2.75) is 19.3 Å². The van der Waals surface area contributed by atoms with Gasteiger partial charge in [-0.1, -0.05) is 61.5 Å². The molecule has 156 valence electrons. The molecule has 0 aliphatic rings. The molecule has 0 saturated carbocycles. The van der Waals surface area contributed by atoms with Gasteiger partial charge < -0.3 is 20.9 Å². The summed E-state index contributed by atoms with van der Waals surface area (Å²) in [7, 11) is 1.59. The molecular formula is C22H25FN6O. The molecule has 0 bridgehead atoms. The summed E-state index contributed by atoms with van der Waals surface area (Å²) in [6.07, 6.45) is 1.50. The van der Waals surface area contributed by atoms with E-state index in [1.807, 2.05) is 36.4 Å². The molecule has 0 radical (unpaired) electrons. The lowest BCUT2D eigenvalue weighted by Gasteiger charge is -2.22. The van der Waals surface area contributed by atoms with Crippen LogP contribution in [-0.4, -0.2) is 31.2 Å². The van der Waals surface area contributed by atoms with Crippen LogP contribution in [0.2, 0.25) is 0 Å². The fourth-order valence-electron chi connectivity index (χ4n) is 2.91. The maximum Gasteiger partial charge on any atom is 0.230 e. The van der Waals surface area contributed by atoms with Gasteiger partial charge in [0.25, 0.3) is 0 Å². The monoisotopic (exact) mass is 408 g/mol. The molecule has 4 N–H and O–H groups in total. The second-order valence-corrected chi connectivity index (χ2v) is 7.16. The largest absolute Gasteiger partial charge is 0.370 e. The van der Waals surface area contributed by atoms with Crippen LogP contribution < -0.4 is 16.4 Å². The number of nitrogens with one attached hydrogen (secondary N) is 2. The zero-order chi connectivity index (χ0) is 21.6. The van der Waals surface area contributed by atoms with Crippen molar-refractivity contribution in [1.82, 2.24) is 10.5 Å². The molecule has 1 heterocycles. The standard InChI is InChI=1S/C22H25FN6O/c1-22(2,16-10-8-15(9-11-16)17-6-4-5-7-18(17)23)19-12-20(30-29-19)27-13-26-14-28-21(24)25-3/h4-13H,14H2,1-3H3,(H,26,27)(H3,24,25,28). The first kappa shape index (κ1) is 21.0. The van der Waals surface area contributed by atoms with E-state index in [1.165, 1.54) is 12.4 Å². The number of anilines is 1. The third-order valence-electron chi connectivity index (χ3n) is 4.83. The van der Waals surface area contributed by atoms with Crippen molar-refractivity contribution in [3.05, 3.63) is 71.7 Å². The Morgan fingerprint density at radius 1 is 1.20 bits per heavy atom. The highest BCUT2D eigenvalue weighted by molar-refractivity contribution is 5.78. The number of nitrogens with two attached hydrogens (primary N) is 1. The van der Waals surface area contributed by atoms with E-state index in [1.54, 1.807) is 19.2 Å². The number of hydrogen-bond donors (Lipinski definition) is 3. The Bertz CT molecular complexity index is 1040.